The lowest BCUT2D eigenvalue weighted by Gasteiger charge is -2.25. The van der Waals surface area contributed by atoms with Gasteiger partial charge in [0.1, 0.15) is 0 Å². The van der Waals surface area contributed by atoms with Crippen LogP contribution in [0.5, 0.6) is 0 Å². The van der Waals surface area contributed by atoms with Crippen molar-refractivity contribution < 1.29 is 4.79 Å². The zero-order valence-corrected chi connectivity index (χ0v) is 21.0. The first-order chi connectivity index (χ1) is 16.1. The summed E-state index contributed by atoms with van der Waals surface area (Å²) in [5, 5.41) is 0.961. The maximum atomic E-state index is 14.0. The first kappa shape index (κ1) is 25.0. The van der Waals surface area contributed by atoms with Gasteiger partial charge < -0.3 is 4.90 Å². The SMILES string of the molecule is CCCCCCN(CCCCCC)C(=O)c1c(C)c(-c2ccc(C)cc2)nc2ccccc12. The lowest BCUT2D eigenvalue weighted by atomic mass is 9.96. The number of para-hydroxylation sites is 1. The Morgan fingerprint density at radius 3 is 2.00 bits per heavy atom. The number of benzene rings is 2. The van der Waals surface area contributed by atoms with E-state index >= 15 is 0 Å². The van der Waals surface area contributed by atoms with Crippen molar-refractivity contribution in [1.82, 2.24) is 9.88 Å². The first-order valence-corrected chi connectivity index (χ1v) is 12.8. The standard InChI is InChI=1S/C30H40N2O/c1-5-7-9-13-21-32(22-14-10-8-6-2)30(33)28-24(4)29(25-19-17-23(3)18-20-25)31-27-16-12-11-15-26(27)28/h11-12,15-20H,5-10,13-14,21-22H2,1-4H3. The van der Waals surface area contributed by atoms with Gasteiger partial charge in [0.05, 0.1) is 16.8 Å². The van der Waals surface area contributed by atoms with E-state index in [-0.39, 0.29) is 5.91 Å². The topological polar surface area (TPSA) is 33.2 Å². The minimum absolute atomic E-state index is 0.160. The Kier molecular flexibility index (Phi) is 9.47. The van der Waals surface area contributed by atoms with Gasteiger partial charge in [-0.05, 0) is 38.3 Å². The van der Waals surface area contributed by atoms with Crippen molar-refractivity contribution in [3.63, 3.8) is 0 Å². The maximum Gasteiger partial charge on any atom is 0.254 e. The van der Waals surface area contributed by atoms with Crippen molar-refractivity contribution in [2.45, 2.75) is 79.1 Å². The van der Waals surface area contributed by atoms with Crippen molar-refractivity contribution in [2.75, 3.05) is 13.1 Å². The van der Waals surface area contributed by atoms with Crippen LogP contribution in [0.2, 0.25) is 0 Å². The van der Waals surface area contributed by atoms with Gasteiger partial charge in [-0.2, -0.15) is 0 Å². The fourth-order valence-electron chi connectivity index (χ4n) is 4.51. The molecule has 0 N–H and O–H groups in total. The van der Waals surface area contributed by atoms with Crippen LogP contribution in [0.3, 0.4) is 0 Å². The number of hydrogen-bond donors (Lipinski definition) is 0. The molecule has 0 bridgehead atoms. The predicted octanol–water partition coefficient (Wildman–Crippen LogP) is 8.12. The Morgan fingerprint density at radius 2 is 1.39 bits per heavy atom. The van der Waals surface area contributed by atoms with E-state index in [1.807, 2.05) is 24.3 Å². The van der Waals surface area contributed by atoms with Crippen molar-refractivity contribution in [1.29, 1.82) is 0 Å². The molecule has 3 heteroatoms. The van der Waals surface area contributed by atoms with Gasteiger partial charge >= 0.3 is 0 Å². The monoisotopic (exact) mass is 444 g/mol. The van der Waals surface area contributed by atoms with Gasteiger partial charge in [0.15, 0.2) is 0 Å². The normalized spacial score (nSPS) is 11.2. The number of aryl methyl sites for hydroxylation is 1. The molecule has 0 atom stereocenters. The summed E-state index contributed by atoms with van der Waals surface area (Å²) in [5.41, 5.74) is 5.89. The summed E-state index contributed by atoms with van der Waals surface area (Å²) in [5.74, 6) is 0.160. The van der Waals surface area contributed by atoms with Crippen LogP contribution in [0.15, 0.2) is 48.5 Å². The number of pyridine rings is 1. The molecule has 1 aromatic heterocycles. The predicted molar refractivity (Wildman–Crippen MR) is 141 cm³/mol. The van der Waals surface area contributed by atoms with Gasteiger partial charge in [0.25, 0.3) is 5.91 Å². The van der Waals surface area contributed by atoms with Gasteiger partial charge in [0.2, 0.25) is 0 Å². The summed E-state index contributed by atoms with van der Waals surface area (Å²) in [6.07, 6.45) is 9.37. The number of hydrogen-bond acceptors (Lipinski definition) is 2. The highest BCUT2D eigenvalue weighted by atomic mass is 16.2. The zero-order valence-electron chi connectivity index (χ0n) is 21.0. The second-order valence-electron chi connectivity index (χ2n) is 9.26. The van der Waals surface area contributed by atoms with E-state index in [1.54, 1.807) is 0 Å². The van der Waals surface area contributed by atoms with Crippen molar-refractivity contribution in [3.8, 4) is 11.3 Å². The third-order valence-corrected chi connectivity index (χ3v) is 6.53. The molecule has 1 heterocycles. The summed E-state index contributed by atoms with van der Waals surface area (Å²) in [7, 11) is 0. The molecule has 33 heavy (non-hydrogen) atoms. The van der Waals surface area contributed by atoms with E-state index in [0.29, 0.717) is 0 Å². The third kappa shape index (κ3) is 6.43. The van der Waals surface area contributed by atoms with Crippen molar-refractivity contribution in [3.05, 3.63) is 65.2 Å². The van der Waals surface area contributed by atoms with Crippen LogP contribution >= 0.6 is 0 Å². The van der Waals surface area contributed by atoms with Gasteiger partial charge in [-0.25, -0.2) is 4.98 Å². The first-order valence-electron chi connectivity index (χ1n) is 12.8. The number of amides is 1. The Hall–Kier alpha value is -2.68. The van der Waals surface area contributed by atoms with Gasteiger partial charge in [-0.15, -0.1) is 0 Å². The highest BCUT2D eigenvalue weighted by Gasteiger charge is 2.23. The number of rotatable bonds is 12. The minimum atomic E-state index is 0.160. The molecule has 3 nitrogen and oxygen atoms in total. The molecule has 0 saturated heterocycles. The summed E-state index contributed by atoms with van der Waals surface area (Å²) < 4.78 is 0. The second kappa shape index (κ2) is 12.5. The van der Waals surface area contributed by atoms with E-state index < -0.39 is 0 Å². The van der Waals surface area contributed by atoms with E-state index in [4.69, 9.17) is 4.98 Å². The number of carbonyl (C=O) groups is 1. The number of carbonyl (C=O) groups excluding carboxylic acids is 1. The lowest BCUT2D eigenvalue weighted by Crippen LogP contribution is -2.34. The molecule has 0 spiro atoms. The molecular formula is C30H40N2O. The molecule has 3 rings (SSSR count). The number of nitrogens with zero attached hydrogens (tertiary/aromatic N) is 2. The molecular weight excluding hydrogens is 404 g/mol. The largest absolute Gasteiger partial charge is 0.339 e. The number of aromatic nitrogens is 1. The quantitative estimate of drug-likeness (QED) is 0.264. The van der Waals surface area contributed by atoms with Crippen LogP contribution in [0, 0.1) is 13.8 Å². The Morgan fingerprint density at radius 1 is 0.788 bits per heavy atom. The van der Waals surface area contributed by atoms with E-state index in [0.717, 1.165) is 59.2 Å². The minimum Gasteiger partial charge on any atom is -0.339 e. The fraction of sp³-hybridized carbons (Fsp3) is 0.467. The van der Waals surface area contributed by atoms with E-state index in [1.165, 1.54) is 44.1 Å². The van der Waals surface area contributed by atoms with Crippen LogP contribution in [0.4, 0.5) is 0 Å². The fourth-order valence-corrected chi connectivity index (χ4v) is 4.51. The van der Waals surface area contributed by atoms with Crippen LogP contribution in [-0.4, -0.2) is 28.9 Å². The van der Waals surface area contributed by atoms with Gasteiger partial charge in [-0.3, -0.25) is 4.79 Å². The van der Waals surface area contributed by atoms with Gasteiger partial charge in [0, 0.05) is 24.0 Å². The summed E-state index contributed by atoms with van der Waals surface area (Å²) in [6, 6.07) is 16.5. The second-order valence-corrected chi connectivity index (χ2v) is 9.26. The third-order valence-electron chi connectivity index (χ3n) is 6.53. The average molecular weight is 445 g/mol. The Balaban J connectivity index is 2.00. The molecule has 0 fully saturated rings. The highest BCUT2D eigenvalue weighted by molar-refractivity contribution is 6.08. The summed E-state index contributed by atoms with van der Waals surface area (Å²) >= 11 is 0. The Bertz CT molecular complexity index is 1030. The number of fused-ring (bicyclic) bond motifs is 1. The van der Waals surface area contributed by atoms with Crippen LogP contribution < -0.4 is 0 Å². The zero-order chi connectivity index (χ0) is 23.6. The molecule has 1 amide bonds. The van der Waals surface area contributed by atoms with Crippen LogP contribution in [0.1, 0.15) is 86.7 Å². The smallest absolute Gasteiger partial charge is 0.254 e. The lowest BCUT2D eigenvalue weighted by molar-refractivity contribution is 0.0750. The maximum absolute atomic E-state index is 14.0. The Labute approximate surface area is 200 Å². The van der Waals surface area contributed by atoms with Gasteiger partial charge in [-0.1, -0.05) is 100 Å². The molecule has 3 aromatic rings. The molecule has 0 unspecified atom stereocenters. The molecule has 0 saturated carbocycles. The molecule has 0 aliphatic carbocycles. The van der Waals surface area contributed by atoms with Crippen molar-refractivity contribution >= 4 is 16.8 Å². The van der Waals surface area contributed by atoms with Crippen LogP contribution in [0.25, 0.3) is 22.2 Å². The van der Waals surface area contributed by atoms with E-state index in [2.05, 4.69) is 56.9 Å². The van der Waals surface area contributed by atoms with Crippen molar-refractivity contribution in [2.24, 2.45) is 0 Å². The van der Waals surface area contributed by atoms with E-state index in [9.17, 15) is 4.79 Å². The molecule has 0 radical (unpaired) electrons. The summed E-state index contributed by atoms with van der Waals surface area (Å²) in [4.78, 5) is 21.1. The summed E-state index contributed by atoms with van der Waals surface area (Å²) in [6.45, 7) is 10.3. The van der Waals surface area contributed by atoms with Crippen LogP contribution in [-0.2, 0) is 0 Å². The molecule has 0 aliphatic rings. The molecule has 0 aliphatic heterocycles. The molecule has 176 valence electrons. The average Bonchev–Trinajstić information content (AvgIpc) is 2.83. The number of unbranched alkanes of at least 4 members (excludes halogenated alkanes) is 6. The highest BCUT2D eigenvalue weighted by Crippen LogP contribution is 2.31. The molecule has 2 aromatic carbocycles.